The lowest BCUT2D eigenvalue weighted by molar-refractivity contribution is 0.459. The van der Waals surface area contributed by atoms with E-state index in [0.717, 1.165) is 67.7 Å². The third-order valence-electron chi connectivity index (χ3n) is 5.74. The number of fused-ring (bicyclic) bond motifs is 1. The van der Waals surface area contributed by atoms with Gasteiger partial charge in [-0.3, -0.25) is 4.99 Å². The molecule has 1 saturated heterocycles. The van der Waals surface area contributed by atoms with E-state index in [1.54, 1.807) is 0 Å². The second-order valence-electron chi connectivity index (χ2n) is 8.21. The van der Waals surface area contributed by atoms with Crippen molar-refractivity contribution in [3.05, 3.63) is 59.7 Å². The van der Waals surface area contributed by atoms with Crippen LogP contribution in [0.5, 0.6) is 0 Å². The highest BCUT2D eigenvalue weighted by atomic mass is 127. The lowest BCUT2D eigenvalue weighted by Crippen LogP contribution is -2.49. The van der Waals surface area contributed by atoms with Crippen molar-refractivity contribution in [1.82, 2.24) is 25.0 Å². The lowest BCUT2D eigenvalue weighted by Gasteiger charge is -2.34. The number of guanidine groups is 1. The molecular formula is C24H34IN7. The zero-order valence-electron chi connectivity index (χ0n) is 19.2. The Morgan fingerprint density at radius 3 is 2.66 bits per heavy atom. The molecule has 0 atom stereocenters. The predicted molar refractivity (Wildman–Crippen MR) is 142 cm³/mol. The molecule has 0 aliphatic carbocycles. The van der Waals surface area contributed by atoms with Crippen LogP contribution >= 0.6 is 24.0 Å². The molecule has 0 spiro atoms. The summed E-state index contributed by atoms with van der Waals surface area (Å²) in [5.41, 5.74) is 4.37. The Labute approximate surface area is 207 Å². The zero-order chi connectivity index (χ0) is 21.6. The van der Waals surface area contributed by atoms with Crippen molar-refractivity contribution < 1.29 is 0 Å². The van der Waals surface area contributed by atoms with Crippen LogP contribution in [0.4, 0.5) is 5.82 Å². The van der Waals surface area contributed by atoms with Crippen molar-refractivity contribution in [2.75, 3.05) is 31.1 Å². The fraction of sp³-hybridized carbons (Fsp3) is 0.458. The van der Waals surface area contributed by atoms with Crippen LogP contribution in [0.3, 0.4) is 0 Å². The summed E-state index contributed by atoms with van der Waals surface area (Å²) in [5.74, 6) is 1.98. The molecule has 1 fully saturated rings. The van der Waals surface area contributed by atoms with Crippen molar-refractivity contribution >= 4 is 41.4 Å². The van der Waals surface area contributed by atoms with Gasteiger partial charge in [0.2, 0.25) is 0 Å². The second-order valence-corrected chi connectivity index (χ2v) is 8.21. The van der Waals surface area contributed by atoms with Crippen LogP contribution in [0.1, 0.15) is 36.7 Å². The summed E-state index contributed by atoms with van der Waals surface area (Å²) < 4.78 is 2.09. The number of hydrogen-bond acceptors (Lipinski definition) is 4. The first-order valence-corrected chi connectivity index (χ1v) is 11.3. The first kappa shape index (κ1) is 24.3. The number of anilines is 1. The van der Waals surface area contributed by atoms with Crippen LogP contribution < -0.4 is 15.5 Å². The minimum absolute atomic E-state index is 0. The molecule has 7 nitrogen and oxygen atoms in total. The van der Waals surface area contributed by atoms with E-state index in [9.17, 15) is 0 Å². The highest BCUT2D eigenvalue weighted by Crippen LogP contribution is 2.18. The van der Waals surface area contributed by atoms with E-state index in [1.807, 2.05) is 19.2 Å². The first-order chi connectivity index (χ1) is 15.1. The van der Waals surface area contributed by atoms with E-state index in [4.69, 9.17) is 9.98 Å². The zero-order valence-corrected chi connectivity index (χ0v) is 21.5. The number of pyridine rings is 2. The summed E-state index contributed by atoms with van der Waals surface area (Å²) in [5, 5.41) is 7.02. The Morgan fingerprint density at radius 1 is 1.12 bits per heavy atom. The van der Waals surface area contributed by atoms with Crippen LogP contribution in [0, 0.1) is 13.8 Å². The summed E-state index contributed by atoms with van der Waals surface area (Å²) >= 11 is 0. The number of piperidine rings is 1. The molecular weight excluding hydrogens is 513 g/mol. The van der Waals surface area contributed by atoms with E-state index in [-0.39, 0.29) is 24.0 Å². The average molecular weight is 547 g/mol. The maximum absolute atomic E-state index is 4.80. The number of aromatic nitrogens is 3. The van der Waals surface area contributed by atoms with E-state index in [1.165, 1.54) is 5.56 Å². The number of imidazole rings is 1. The Balaban J connectivity index is 0.00000289. The Kier molecular flexibility index (Phi) is 8.72. The van der Waals surface area contributed by atoms with E-state index >= 15 is 0 Å². The van der Waals surface area contributed by atoms with Crippen LogP contribution in [0.25, 0.3) is 5.65 Å². The number of nitrogens with one attached hydrogen (secondary N) is 2. The van der Waals surface area contributed by atoms with E-state index in [2.05, 4.69) is 69.2 Å². The van der Waals surface area contributed by atoms with Gasteiger partial charge in [0.05, 0.1) is 5.69 Å². The standard InChI is InChI=1S/C24H33N7.HI/c1-4-25-24(26-13-10-21-17-31-14-6-7-18(2)23(31)28-21)29-20-11-15-30(16-12-20)22-9-5-8-19(3)27-22;/h5-9,14,17,20H,4,10-13,15-16H2,1-3H3,(H2,25,26,29);1H. The predicted octanol–water partition coefficient (Wildman–Crippen LogP) is 3.73. The molecule has 3 aromatic rings. The average Bonchev–Trinajstić information content (AvgIpc) is 3.19. The number of rotatable bonds is 6. The highest BCUT2D eigenvalue weighted by molar-refractivity contribution is 14.0. The van der Waals surface area contributed by atoms with Gasteiger partial charge in [-0.05, 0) is 57.4 Å². The molecule has 32 heavy (non-hydrogen) atoms. The van der Waals surface area contributed by atoms with Crippen LogP contribution in [0.2, 0.25) is 0 Å². The molecule has 0 amide bonds. The van der Waals surface area contributed by atoms with Gasteiger partial charge in [-0.1, -0.05) is 12.1 Å². The molecule has 0 unspecified atom stereocenters. The lowest BCUT2D eigenvalue weighted by atomic mass is 10.1. The van der Waals surface area contributed by atoms with Crippen molar-refractivity contribution in [3.63, 3.8) is 0 Å². The maximum atomic E-state index is 4.80. The quantitative estimate of drug-likeness (QED) is 0.280. The molecule has 3 aromatic heterocycles. The third-order valence-corrected chi connectivity index (χ3v) is 5.74. The third kappa shape index (κ3) is 6.11. The smallest absolute Gasteiger partial charge is 0.191 e. The summed E-state index contributed by atoms with van der Waals surface area (Å²) in [7, 11) is 0. The molecule has 0 bridgehead atoms. The van der Waals surface area contributed by atoms with Gasteiger partial charge >= 0.3 is 0 Å². The Morgan fingerprint density at radius 2 is 1.94 bits per heavy atom. The minimum Gasteiger partial charge on any atom is -0.357 e. The number of hydrogen-bond donors (Lipinski definition) is 2. The highest BCUT2D eigenvalue weighted by Gasteiger charge is 2.21. The first-order valence-electron chi connectivity index (χ1n) is 11.3. The molecule has 2 N–H and O–H groups in total. The van der Waals surface area contributed by atoms with Gasteiger partial charge in [0.25, 0.3) is 0 Å². The molecule has 0 radical (unpaired) electrons. The Bertz CT molecular complexity index is 1040. The molecule has 4 heterocycles. The topological polar surface area (TPSA) is 69.8 Å². The SMILES string of the molecule is CCNC(=NCCc1cn2cccc(C)c2n1)NC1CCN(c2cccc(C)n2)CC1.I. The van der Waals surface area contributed by atoms with Gasteiger partial charge in [-0.15, -0.1) is 24.0 Å². The summed E-state index contributed by atoms with van der Waals surface area (Å²) in [6.45, 7) is 9.83. The molecule has 172 valence electrons. The van der Waals surface area contributed by atoms with Gasteiger partial charge in [0.1, 0.15) is 11.5 Å². The second kappa shape index (κ2) is 11.5. The molecule has 4 rings (SSSR count). The molecule has 1 aliphatic rings. The Hall–Kier alpha value is -2.36. The van der Waals surface area contributed by atoms with Crippen molar-refractivity contribution in [2.24, 2.45) is 4.99 Å². The van der Waals surface area contributed by atoms with Crippen molar-refractivity contribution in [3.8, 4) is 0 Å². The van der Waals surface area contributed by atoms with Crippen molar-refractivity contribution in [1.29, 1.82) is 0 Å². The fourth-order valence-electron chi connectivity index (χ4n) is 4.08. The normalized spacial score (nSPS) is 15.0. The van der Waals surface area contributed by atoms with E-state index < -0.39 is 0 Å². The summed E-state index contributed by atoms with van der Waals surface area (Å²) in [6, 6.07) is 10.8. The number of nitrogens with zero attached hydrogens (tertiary/aromatic N) is 5. The molecule has 0 aromatic carbocycles. The monoisotopic (exact) mass is 547 g/mol. The number of aryl methyl sites for hydroxylation is 2. The molecule has 8 heteroatoms. The van der Waals surface area contributed by atoms with Gasteiger partial charge < -0.3 is 19.9 Å². The molecule has 0 saturated carbocycles. The van der Waals surface area contributed by atoms with Gasteiger partial charge in [0.15, 0.2) is 5.96 Å². The molecule has 1 aliphatic heterocycles. The minimum atomic E-state index is 0. The fourth-order valence-corrected chi connectivity index (χ4v) is 4.08. The van der Waals surface area contributed by atoms with Gasteiger partial charge in [0, 0.05) is 56.7 Å². The summed E-state index contributed by atoms with van der Waals surface area (Å²) in [4.78, 5) is 16.6. The van der Waals surface area contributed by atoms with Crippen molar-refractivity contribution in [2.45, 2.75) is 46.1 Å². The number of halogens is 1. The number of aliphatic imine (C=N–C) groups is 1. The van der Waals surface area contributed by atoms with Crippen LogP contribution in [0.15, 0.2) is 47.7 Å². The summed E-state index contributed by atoms with van der Waals surface area (Å²) in [6.07, 6.45) is 7.13. The van der Waals surface area contributed by atoms with Gasteiger partial charge in [-0.2, -0.15) is 0 Å². The van der Waals surface area contributed by atoms with Crippen LogP contribution in [-0.4, -0.2) is 52.5 Å². The van der Waals surface area contributed by atoms with Crippen LogP contribution in [-0.2, 0) is 6.42 Å². The van der Waals surface area contributed by atoms with Gasteiger partial charge in [-0.25, -0.2) is 9.97 Å². The largest absolute Gasteiger partial charge is 0.357 e. The maximum Gasteiger partial charge on any atom is 0.191 e. The van der Waals surface area contributed by atoms with E-state index in [0.29, 0.717) is 12.6 Å².